The zero-order chi connectivity index (χ0) is 17.5. The molecule has 1 N–H and O–H groups in total. The minimum atomic E-state index is -0.0118. The normalized spacial score (nSPS) is 16.4. The van der Waals surface area contributed by atoms with Crippen LogP contribution in [0.15, 0.2) is 59.1 Å². The van der Waals surface area contributed by atoms with Gasteiger partial charge in [0.25, 0.3) is 0 Å². The van der Waals surface area contributed by atoms with Crippen molar-refractivity contribution in [3.05, 3.63) is 70.2 Å². The summed E-state index contributed by atoms with van der Waals surface area (Å²) in [5.41, 5.74) is 2.15. The first-order valence-electron chi connectivity index (χ1n) is 8.59. The summed E-state index contributed by atoms with van der Waals surface area (Å²) < 4.78 is 6.44. The molecule has 1 amide bonds. The summed E-state index contributed by atoms with van der Waals surface area (Å²) in [7, 11) is 0. The quantitative estimate of drug-likeness (QED) is 0.806. The molecule has 5 heteroatoms. The highest BCUT2D eigenvalue weighted by Gasteiger charge is 2.20. The summed E-state index contributed by atoms with van der Waals surface area (Å²) in [5, 5.41) is 3.21. The SMILES string of the molecule is O=C(Cc1ccc(Br)cc1)NC(CN1CCOCC1)c1ccccc1. The molecule has 0 bridgehead atoms. The van der Waals surface area contributed by atoms with Gasteiger partial charge < -0.3 is 10.1 Å². The van der Waals surface area contributed by atoms with Crippen molar-refractivity contribution in [2.45, 2.75) is 12.5 Å². The average Bonchev–Trinajstić information content (AvgIpc) is 2.65. The van der Waals surface area contributed by atoms with Gasteiger partial charge in [0.2, 0.25) is 5.91 Å². The maximum absolute atomic E-state index is 12.6. The van der Waals surface area contributed by atoms with E-state index in [1.807, 2.05) is 42.5 Å². The molecule has 3 rings (SSSR count). The third-order valence-electron chi connectivity index (χ3n) is 4.36. The number of nitrogens with one attached hydrogen (secondary N) is 1. The Morgan fingerprint density at radius 3 is 2.44 bits per heavy atom. The summed E-state index contributed by atoms with van der Waals surface area (Å²) in [5.74, 6) is 0.0458. The van der Waals surface area contributed by atoms with Crippen LogP contribution in [0.1, 0.15) is 17.2 Å². The highest BCUT2D eigenvalue weighted by atomic mass is 79.9. The Kier molecular flexibility index (Phi) is 6.62. The minimum absolute atomic E-state index is 0.0118. The van der Waals surface area contributed by atoms with E-state index in [0.29, 0.717) is 6.42 Å². The fourth-order valence-corrected chi connectivity index (χ4v) is 3.26. The van der Waals surface area contributed by atoms with Gasteiger partial charge in [-0.1, -0.05) is 58.4 Å². The number of rotatable bonds is 6. The van der Waals surface area contributed by atoms with Gasteiger partial charge in [-0.05, 0) is 23.3 Å². The van der Waals surface area contributed by atoms with E-state index in [-0.39, 0.29) is 11.9 Å². The van der Waals surface area contributed by atoms with Crippen LogP contribution in [0.4, 0.5) is 0 Å². The molecule has 0 aliphatic carbocycles. The minimum Gasteiger partial charge on any atom is -0.379 e. The second-order valence-corrected chi connectivity index (χ2v) is 7.16. The van der Waals surface area contributed by atoms with Crippen LogP contribution in [0.5, 0.6) is 0 Å². The number of carbonyl (C=O) groups excluding carboxylic acids is 1. The maximum Gasteiger partial charge on any atom is 0.224 e. The number of morpholine rings is 1. The molecule has 25 heavy (non-hydrogen) atoms. The number of carbonyl (C=O) groups is 1. The lowest BCUT2D eigenvalue weighted by Gasteiger charge is -2.31. The van der Waals surface area contributed by atoms with Crippen molar-refractivity contribution in [3.63, 3.8) is 0 Å². The summed E-state index contributed by atoms with van der Waals surface area (Å²) in [6, 6.07) is 18.0. The zero-order valence-corrected chi connectivity index (χ0v) is 15.7. The van der Waals surface area contributed by atoms with Gasteiger partial charge in [-0.25, -0.2) is 0 Å². The van der Waals surface area contributed by atoms with Gasteiger partial charge in [-0.15, -0.1) is 0 Å². The van der Waals surface area contributed by atoms with Gasteiger partial charge in [0.05, 0.1) is 25.7 Å². The van der Waals surface area contributed by atoms with E-state index in [0.717, 1.165) is 48.4 Å². The molecule has 1 aliphatic heterocycles. The van der Waals surface area contributed by atoms with Crippen LogP contribution in [0, 0.1) is 0 Å². The van der Waals surface area contributed by atoms with Gasteiger partial charge in [-0.3, -0.25) is 9.69 Å². The molecule has 132 valence electrons. The van der Waals surface area contributed by atoms with Crippen LogP contribution < -0.4 is 5.32 Å². The highest BCUT2D eigenvalue weighted by molar-refractivity contribution is 9.10. The second-order valence-electron chi connectivity index (χ2n) is 6.25. The summed E-state index contributed by atoms with van der Waals surface area (Å²) >= 11 is 3.42. The van der Waals surface area contributed by atoms with Gasteiger partial charge in [-0.2, -0.15) is 0 Å². The topological polar surface area (TPSA) is 41.6 Å². The second kappa shape index (κ2) is 9.13. The molecule has 1 heterocycles. The van der Waals surface area contributed by atoms with Crippen LogP contribution >= 0.6 is 15.9 Å². The summed E-state index contributed by atoms with van der Waals surface area (Å²) in [6.45, 7) is 4.14. The lowest BCUT2D eigenvalue weighted by atomic mass is 10.1. The van der Waals surface area contributed by atoms with Crippen LogP contribution in [-0.2, 0) is 16.0 Å². The number of nitrogens with zero attached hydrogens (tertiary/aromatic N) is 1. The zero-order valence-electron chi connectivity index (χ0n) is 14.2. The fraction of sp³-hybridized carbons (Fsp3) is 0.350. The fourth-order valence-electron chi connectivity index (χ4n) is 2.99. The number of halogens is 1. The number of hydrogen-bond donors (Lipinski definition) is 1. The number of ether oxygens (including phenoxy) is 1. The largest absolute Gasteiger partial charge is 0.379 e. The van der Waals surface area contributed by atoms with E-state index in [1.54, 1.807) is 0 Å². The Morgan fingerprint density at radius 1 is 1.08 bits per heavy atom. The van der Waals surface area contributed by atoms with E-state index >= 15 is 0 Å². The average molecular weight is 403 g/mol. The molecule has 0 spiro atoms. The molecule has 2 aromatic carbocycles. The van der Waals surface area contributed by atoms with Crippen LogP contribution in [0.3, 0.4) is 0 Å². The molecular formula is C20H23BrN2O2. The summed E-state index contributed by atoms with van der Waals surface area (Å²) in [6.07, 6.45) is 0.389. The van der Waals surface area contributed by atoms with E-state index in [2.05, 4.69) is 38.3 Å². The first kappa shape index (κ1) is 18.1. The molecule has 1 unspecified atom stereocenters. The molecule has 4 nitrogen and oxygen atoms in total. The Hall–Kier alpha value is -1.69. The Balaban J connectivity index is 1.65. The third-order valence-corrected chi connectivity index (χ3v) is 4.89. The Morgan fingerprint density at radius 2 is 1.76 bits per heavy atom. The molecule has 0 saturated carbocycles. The van der Waals surface area contributed by atoms with Crippen molar-refractivity contribution in [1.29, 1.82) is 0 Å². The van der Waals surface area contributed by atoms with Gasteiger partial charge >= 0.3 is 0 Å². The van der Waals surface area contributed by atoms with E-state index in [1.165, 1.54) is 0 Å². The lowest BCUT2D eigenvalue weighted by molar-refractivity contribution is -0.121. The maximum atomic E-state index is 12.6. The van der Waals surface area contributed by atoms with Crippen molar-refractivity contribution in [3.8, 4) is 0 Å². The standard InChI is InChI=1S/C20H23BrN2O2/c21-18-8-6-16(7-9-18)14-20(24)22-19(17-4-2-1-3-5-17)15-23-10-12-25-13-11-23/h1-9,19H,10-15H2,(H,22,24). The van der Waals surface area contributed by atoms with Crippen molar-refractivity contribution >= 4 is 21.8 Å². The Labute approximate surface area is 157 Å². The molecular weight excluding hydrogens is 380 g/mol. The van der Waals surface area contributed by atoms with Crippen LogP contribution in [0.25, 0.3) is 0 Å². The molecule has 2 aromatic rings. The first-order valence-corrected chi connectivity index (χ1v) is 9.39. The van der Waals surface area contributed by atoms with Crippen molar-refractivity contribution in [2.24, 2.45) is 0 Å². The van der Waals surface area contributed by atoms with Gasteiger partial charge in [0.1, 0.15) is 0 Å². The van der Waals surface area contributed by atoms with Crippen molar-refractivity contribution in [2.75, 3.05) is 32.8 Å². The molecule has 0 radical (unpaired) electrons. The molecule has 1 aliphatic rings. The van der Waals surface area contributed by atoms with Crippen LogP contribution in [-0.4, -0.2) is 43.7 Å². The van der Waals surface area contributed by atoms with Gasteiger partial charge in [0.15, 0.2) is 0 Å². The smallest absolute Gasteiger partial charge is 0.224 e. The molecule has 0 aromatic heterocycles. The Bertz CT molecular complexity index is 670. The summed E-state index contributed by atoms with van der Waals surface area (Å²) in [4.78, 5) is 14.9. The first-order chi connectivity index (χ1) is 12.2. The number of benzene rings is 2. The predicted molar refractivity (Wildman–Crippen MR) is 102 cm³/mol. The van der Waals surface area contributed by atoms with E-state index in [9.17, 15) is 4.79 Å². The monoisotopic (exact) mass is 402 g/mol. The predicted octanol–water partition coefficient (Wildman–Crippen LogP) is 3.18. The molecule has 1 atom stereocenters. The molecule has 1 saturated heterocycles. The number of amides is 1. The highest BCUT2D eigenvalue weighted by Crippen LogP contribution is 2.16. The van der Waals surface area contributed by atoms with E-state index in [4.69, 9.17) is 4.74 Å². The van der Waals surface area contributed by atoms with Crippen molar-refractivity contribution in [1.82, 2.24) is 10.2 Å². The molecule has 1 fully saturated rings. The van der Waals surface area contributed by atoms with E-state index < -0.39 is 0 Å². The number of hydrogen-bond acceptors (Lipinski definition) is 3. The van der Waals surface area contributed by atoms with Crippen LogP contribution in [0.2, 0.25) is 0 Å². The van der Waals surface area contributed by atoms with Gasteiger partial charge in [0, 0.05) is 24.1 Å². The van der Waals surface area contributed by atoms with Crippen molar-refractivity contribution < 1.29 is 9.53 Å². The third kappa shape index (κ3) is 5.66. The lowest BCUT2D eigenvalue weighted by Crippen LogP contribution is -2.43.